The Morgan fingerprint density at radius 2 is 1.61 bits per heavy atom. The van der Waals surface area contributed by atoms with Crippen LogP contribution in [0.2, 0.25) is 0 Å². The molecule has 0 saturated carbocycles. The predicted molar refractivity (Wildman–Crippen MR) is 176 cm³/mol. The SMILES string of the molecule is CC(=O)[C@@H](Cc1ccccc1)NC(=O)Nc1cccc(C2O[C@H](CSc3ccc(C(=O)O)cc3)C[C@H](c3ccc(CO)cc3)O2)c1. The number of carbonyl (C=O) groups excluding carboxylic acids is 2. The third kappa shape index (κ3) is 9.04. The summed E-state index contributed by atoms with van der Waals surface area (Å²) in [4.78, 5) is 37.4. The molecule has 0 bridgehead atoms. The Labute approximate surface area is 271 Å². The first-order valence-corrected chi connectivity index (χ1v) is 15.9. The van der Waals surface area contributed by atoms with Crippen LogP contribution in [0.3, 0.4) is 0 Å². The molecule has 5 rings (SSSR count). The number of amides is 2. The Balaban J connectivity index is 1.29. The molecule has 9 nitrogen and oxygen atoms in total. The van der Waals surface area contributed by atoms with Crippen LogP contribution < -0.4 is 10.6 Å². The van der Waals surface area contributed by atoms with Crippen molar-refractivity contribution in [1.82, 2.24) is 5.32 Å². The van der Waals surface area contributed by atoms with Crippen LogP contribution in [0.25, 0.3) is 0 Å². The molecule has 1 heterocycles. The lowest BCUT2D eigenvalue weighted by Crippen LogP contribution is -2.43. The van der Waals surface area contributed by atoms with E-state index in [1.807, 2.05) is 60.7 Å². The van der Waals surface area contributed by atoms with Gasteiger partial charge in [-0.3, -0.25) is 4.79 Å². The van der Waals surface area contributed by atoms with Crippen molar-refractivity contribution in [3.63, 3.8) is 0 Å². The van der Waals surface area contributed by atoms with Gasteiger partial charge < -0.3 is 30.3 Å². The zero-order valence-electron chi connectivity index (χ0n) is 25.3. The Hall–Kier alpha value is -4.48. The van der Waals surface area contributed by atoms with Crippen molar-refractivity contribution in [2.75, 3.05) is 11.1 Å². The van der Waals surface area contributed by atoms with E-state index in [0.717, 1.165) is 21.6 Å². The van der Waals surface area contributed by atoms with E-state index in [9.17, 15) is 24.6 Å². The number of carbonyl (C=O) groups is 3. The normalized spacial score (nSPS) is 18.3. The number of Topliss-reactive ketones (excluding diaryl/α,β-unsaturated/α-hetero) is 1. The zero-order chi connectivity index (χ0) is 32.5. The van der Waals surface area contributed by atoms with Crippen molar-refractivity contribution >= 4 is 35.2 Å². The maximum Gasteiger partial charge on any atom is 0.335 e. The van der Waals surface area contributed by atoms with Gasteiger partial charge in [-0.1, -0.05) is 66.7 Å². The summed E-state index contributed by atoms with van der Waals surface area (Å²) < 4.78 is 12.9. The highest BCUT2D eigenvalue weighted by Crippen LogP contribution is 2.40. The van der Waals surface area contributed by atoms with Crippen LogP contribution >= 0.6 is 11.8 Å². The Morgan fingerprint density at radius 1 is 0.870 bits per heavy atom. The van der Waals surface area contributed by atoms with Gasteiger partial charge in [-0.15, -0.1) is 11.8 Å². The van der Waals surface area contributed by atoms with Gasteiger partial charge in [-0.05, 0) is 66.4 Å². The summed E-state index contributed by atoms with van der Waals surface area (Å²) in [7, 11) is 0. The molecule has 1 unspecified atom stereocenters. The van der Waals surface area contributed by atoms with Crippen molar-refractivity contribution in [3.8, 4) is 0 Å². The number of carboxylic acids is 1. The van der Waals surface area contributed by atoms with Gasteiger partial charge in [-0.25, -0.2) is 9.59 Å². The van der Waals surface area contributed by atoms with E-state index >= 15 is 0 Å². The van der Waals surface area contributed by atoms with Crippen LogP contribution in [0.1, 0.15) is 58.4 Å². The Kier molecular flexibility index (Phi) is 11.2. The average molecular weight is 641 g/mol. The van der Waals surface area contributed by atoms with Gasteiger partial charge in [0.25, 0.3) is 0 Å². The number of rotatable bonds is 12. The molecule has 4 aromatic rings. The molecule has 1 saturated heterocycles. The molecule has 46 heavy (non-hydrogen) atoms. The second-order valence-electron chi connectivity index (χ2n) is 11.1. The summed E-state index contributed by atoms with van der Waals surface area (Å²) >= 11 is 1.57. The predicted octanol–water partition coefficient (Wildman–Crippen LogP) is 6.54. The Morgan fingerprint density at radius 3 is 2.28 bits per heavy atom. The van der Waals surface area contributed by atoms with E-state index in [0.29, 0.717) is 29.8 Å². The lowest BCUT2D eigenvalue weighted by Gasteiger charge is -2.36. The highest BCUT2D eigenvalue weighted by molar-refractivity contribution is 7.99. The van der Waals surface area contributed by atoms with Gasteiger partial charge in [0.15, 0.2) is 12.1 Å². The number of thioether (sulfide) groups is 1. The first-order chi connectivity index (χ1) is 22.3. The summed E-state index contributed by atoms with van der Waals surface area (Å²) in [5, 5.41) is 24.3. The minimum atomic E-state index is -0.970. The van der Waals surface area contributed by atoms with E-state index in [2.05, 4.69) is 10.6 Å². The number of anilines is 1. The van der Waals surface area contributed by atoms with Gasteiger partial charge in [0.05, 0.1) is 30.4 Å². The maximum atomic E-state index is 12.9. The van der Waals surface area contributed by atoms with Crippen LogP contribution in [0.5, 0.6) is 0 Å². The van der Waals surface area contributed by atoms with Crippen molar-refractivity contribution < 1.29 is 34.1 Å². The van der Waals surface area contributed by atoms with E-state index in [1.54, 1.807) is 54.2 Å². The highest BCUT2D eigenvalue weighted by atomic mass is 32.2. The standard InChI is InChI=1S/C36H36N2O7S/c1-23(40)32(18-24-6-3-2-4-7-24)38-36(43)37-29-9-5-8-28(19-29)35-44-30(22-46-31-16-14-27(15-17-31)34(41)42)20-33(45-35)26-12-10-25(21-39)11-13-26/h2-17,19,30,32-33,35,39H,18,20-22H2,1H3,(H,41,42)(H2,37,38,43)/t30-,32+,33+,35?/m0/s1. The van der Waals surface area contributed by atoms with E-state index < -0.39 is 24.3 Å². The fourth-order valence-corrected chi connectivity index (χ4v) is 6.06. The molecule has 4 aromatic carbocycles. The van der Waals surface area contributed by atoms with Crippen molar-refractivity contribution in [3.05, 3.63) is 131 Å². The molecule has 1 aliphatic heterocycles. The summed E-state index contributed by atoms with van der Waals surface area (Å²) in [6.07, 6.45) is -0.259. The minimum absolute atomic E-state index is 0.0513. The molecular weight excluding hydrogens is 604 g/mol. The summed E-state index contributed by atoms with van der Waals surface area (Å²) in [5.74, 6) is -0.509. The van der Waals surface area contributed by atoms with Crippen molar-refractivity contribution in [2.45, 2.75) is 55.8 Å². The second-order valence-corrected chi connectivity index (χ2v) is 12.2. The number of aliphatic hydroxyl groups is 1. The average Bonchev–Trinajstić information content (AvgIpc) is 3.07. The molecule has 1 aliphatic rings. The number of benzene rings is 4. The third-order valence-electron chi connectivity index (χ3n) is 7.65. The molecule has 4 atom stereocenters. The first kappa shape index (κ1) is 32.9. The number of urea groups is 1. The van der Waals surface area contributed by atoms with Gasteiger partial charge >= 0.3 is 12.0 Å². The number of hydrogen-bond donors (Lipinski definition) is 4. The zero-order valence-corrected chi connectivity index (χ0v) is 26.1. The van der Waals surface area contributed by atoms with Crippen LogP contribution in [0.15, 0.2) is 108 Å². The first-order valence-electron chi connectivity index (χ1n) is 15.0. The van der Waals surface area contributed by atoms with E-state index in [4.69, 9.17) is 9.47 Å². The molecule has 4 N–H and O–H groups in total. The third-order valence-corrected chi connectivity index (χ3v) is 8.79. The van der Waals surface area contributed by atoms with Crippen LogP contribution in [0.4, 0.5) is 10.5 Å². The smallest absolute Gasteiger partial charge is 0.335 e. The van der Waals surface area contributed by atoms with E-state index in [-0.39, 0.29) is 30.2 Å². The summed E-state index contributed by atoms with van der Waals surface area (Å²) in [6.45, 7) is 1.41. The largest absolute Gasteiger partial charge is 0.478 e. The molecule has 0 spiro atoms. The molecule has 2 amide bonds. The fourth-order valence-electron chi connectivity index (χ4n) is 5.14. The number of nitrogens with one attached hydrogen (secondary N) is 2. The molecule has 0 aromatic heterocycles. The molecular formula is C36H36N2O7S. The maximum absolute atomic E-state index is 12.9. The lowest BCUT2D eigenvalue weighted by atomic mass is 10.0. The summed E-state index contributed by atoms with van der Waals surface area (Å²) in [5.41, 5.74) is 4.16. The molecule has 1 fully saturated rings. The monoisotopic (exact) mass is 640 g/mol. The van der Waals surface area contributed by atoms with Gasteiger partial charge in [0.1, 0.15) is 0 Å². The molecule has 10 heteroatoms. The topological polar surface area (TPSA) is 134 Å². The second kappa shape index (κ2) is 15.7. The number of aromatic carboxylic acids is 1. The van der Waals surface area contributed by atoms with E-state index in [1.165, 1.54) is 6.92 Å². The van der Waals surface area contributed by atoms with Gasteiger partial charge in [0.2, 0.25) is 0 Å². The fraction of sp³-hybridized carbons (Fsp3) is 0.250. The molecule has 0 radical (unpaired) electrons. The number of ether oxygens (including phenoxy) is 2. The van der Waals surface area contributed by atoms with Gasteiger partial charge in [0, 0.05) is 28.3 Å². The number of aliphatic hydroxyl groups excluding tert-OH is 1. The molecule has 0 aliphatic carbocycles. The minimum Gasteiger partial charge on any atom is -0.478 e. The van der Waals surface area contributed by atoms with Crippen LogP contribution in [0, 0.1) is 0 Å². The van der Waals surface area contributed by atoms with Crippen molar-refractivity contribution in [1.29, 1.82) is 0 Å². The Bertz CT molecular complexity index is 1630. The number of carboxylic acid groups (broad SMARTS) is 1. The molecule has 238 valence electrons. The number of hydrogen-bond acceptors (Lipinski definition) is 7. The number of ketones is 1. The summed E-state index contributed by atoms with van der Waals surface area (Å²) in [6, 6.07) is 29.9. The van der Waals surface area contributed by atoms with Gasteiger partial charge in [-0.2, -0.15) is 0 Å². The van der Waals surface area contributed by atoms with Crippen LogP contribution in [-0.2, 0) is 27.3 Å². The lowest BCUT2D eigenvalue weighted by molar-refractivity contribution is -0.245. The quantitative estimate of drug-likeness (QED) is 0.128. The van der Waals surface area contributed by atoms with Crippen molar-refractivity contribution in [2.24, 2.45) is 0 Å². The highest BCUT2D eigenvalue weighted by Gasteiger charge is 2.32. The van der Waals surface area contributed by atoms with Crippen LogP contribution in [-0.4, -0.2) is 45.9 Å².